The molecule has 1 N–H and O–H groups in total. The second-order valence-electron chi connectivity index (χ2n) is 7.31. The molecule has 3 nitrogen and oxygen atoms in total. The van der Waals surface area contributed by atoms with E-state index in [9.17, 15) is 4.79 Å². The predicted molar refractivity (Wildman–Crippen MR) is 92.8 cm³/mol. The fourth-order valence-corrected chi connectivity index (χ4v) is 4.57. The topological polar surface area (TPSA) is 38.3 Å². The number of ether oxygens (including phenoxy) is 1. The van der Waals surface area contributed by atoms with E-state index in [0.717, 1.165) is 17.4 Å². The lowest BCUT2D eigenvalue weighted by Crippen LogP contribution is -2.45. The number of aryl methyl sites for hydroxylation is 1. The number of rotatable bonds is 5. The van der Waals surface area contributed by atoms with Crippen LogP contribution in [0.2, 0.25) is 5.02 Å². The fourth-order valence-electron chi connectivity index (χ4n) is 4.34. The quantitative estimate of drug-likeness (QED) is 0.868. The molecule has 0 aliphatic heterocycles. The Morgan fingerprint density at radius 3 is 2.70 bits per heavy atom. The van der Waals surface area contributed by atoms with Crippen molar-refractivity contribution in [3.8, 4) is 5.75 Å². The third kappa shape index (κ3) is 3.65. The van der Waals surface area contributed by atoms with Crippen molar-refractivity contribution < 1.29 is 9.53 Å². The number of halogens is 1. The molecule has 4 heteroatoms. The molecule has 2 aliphatic carbocycles. The maximum atomic E-state index is 12.4. The highest BCUT2D eigenvalue weighted by molar-refractivity contribution is 6.30. The van der Waals surface area contributed by atoms with Crippen molar-refractivity contribution in [3.05, 3.63) is 28.8 Å². The maximum Gasteiger partial charge on any atom is 0.260 e. The second kappa shape index (κ2) is 6.72. The average molecular weight is 336 g/mol. The van der Waals surface area contributed by atoms with E-state index in [4.69, 9.17) is 16.3 Å². The molecule has 0 saturated heterocycles. The van der Waals surface area contributed by atoms with E-state index in [-0.39, 0.29) is 11.9 Å². The number of benzene rings is 1. The summed E-state index contributed by atoms with van der Waals surface area (Å²) in [7, 11) is 0. The summed E-state index contributed by atoms with van der Waals surface area (Å²) in [5.74, 6) is 3.03. The molecule has 126 valence electrons. The highest BCUT2D eigenvalue weighted by Gasteiger charge is 2.42. The Labute approximate surface area is 143 Å². The molecular weight excluding hydrogens is 310 g/mol. The Bertz CT molecular complexity index is 589. The highest BCUT2D eigenvalue weighted by Crippen LogP contribution is 2.49. The van der Waals surface area contributed by atoms with Crippen molar-refractivity contribution in [2.75, 3.05) is 0 Å². The first-order valence-electron chi connectivity index (χ1n) is 8.67. The van der Waals surface area contributed by atoms with Crippen LogP contribution >= 0.6 is 11.6 Å². The van der Waals surface area contributed by atoms with Crippen molar-refractivity contribution in [2.45, 2.75) is 58.6 Å². The maximum absolute atomic E-state index is 12.4. The van der Waals surface area contributed by atoms with Gasteiger partial charge in [-0.05, 0) is 81.5 Å². The number of hydrogen-bond acceptors (Lipinski definition) is 2. The lowest BCUT2D eigenvalue weighted by molar-refractivity contribution is -0.128. The van der Waals surface area contributed by atoms with Crippen molar-refractivity contribution in [1.29, 1.82) is 0 Å². The van der Waals surface area contributed by atoms with Crippen LogP contribution in [-0.2, 0) is 4.79 Å². The summed E-state index contributed by atoms with van der Waals surface area (Å²) < 4.78 is 5.82. The molecule has 1 aromatic rings. The molecule has 1 amide bonds. The molecule has 2 aliphatic rings. The van der Waals surface area contributed by atoms with Crippen LogP contribution in [0.1, 0.15) is 45.1 Å². The number of fused-ring (bicyclic) bond motifs is 2. The van der Waals surface area contributed by atoms with Gasteiger partial charge in [0.05, 0.1) is 0 Å². The summed E-state index contributed by atoms with van der Waals surface area (Å²) in [4.78, 5) is 12.4. The molecular formula is C19H26ClNO2. The zero-order valence-electron chi connectivity index (χ0n) is 14.1. The lowest BCUT2D eigenvalue weighted by atomic mass is 9.84. The van der Waals surface area contributed by atoms with Crippen LogP contribution in [0.3, 0.4) is 0 Å². The minimum Gasteiger partial charge on any atom is -0.481 e. The summed E-state index contributed by atoms with van der Waals surface area (Å²) >= 11 is 5.95. The van der Waals surface area contributed by atoms with Gasteiger partial charge >= 0.3 is 0 Å². The number of nitrogens with one attached hydrogen (secondary N) is 1. The number of hydrogen-bond donors (Lipinski definition) is 1. The second-order valence-corrected chi connectivity index (χ2v) is 7.74. The van der Waals surface area contributed by atoms with Gasteiger partial charge in [0.15, 0.2) is 6.10 Å². The first kappa shape index (κ1) is 16.6. The highest BCUT2D eigenvalue weighted by atomic mass is 35.5. The summed E-state index contributed by atoms with van der Waals surface area (Å²) in [6.07, 6.45) is 4.86. The van der Waals surface area contributed by atoms with Crippen LogP contribution in [0.25, 0.3) is 0 Å². The predicted octanol–water partition coefficient (Wildman–Crippen LogP) is 4.36. The SMILES string of the molecule is Cc1cc(Cl)ccc1O[C@H](C)C(=O)N[C@@H](C)[C@@H]1C[C@H]2CC[C@H]1C2. The van der Waals surface area contributed by atoms with E-state index in [0.29, 0.717) is 16.7 Å². The van der Waals surface area contributed by atoms with E-state index in [1.807, 2.05) is 19.1 Å². The van der Waals surface area contributed by atoms with Gasteiger partial charge in [-0.1, -0.05) is 18.0 Å². The van der Waals surface area contributed by atoms with Crippen LogP contribution in [0.4, 0.5) is 0 Å². The van der Waals surface area contributed by atoms with Crippen molar-refractivity contribution >= 4 is 17.5 Å². The van der Waals surface area contributed by atoms with Gasteiger partial charge in [-0.3, -0.25) is 4.79 Å². The van der Waals surface area contributed by atoms with Gasteiger partial charge in [0.2, 0.25) is 0 Å². The van der Waals surface area contributed by atoms with Gasteiger partial charge in [0.25, 0.3) is 5.91 Å². The van der Waals surface area contributed by atoms with Crippen LogP contribution in [0.15, 0.2) is 18.2 Å². The van der Waals surface area contributed by atoms with E-state index in [2.05, 4.69) is 12.2 Å². The van der Waals surface area contributed by atoms with Crippen LogP contribution in [0, 0.1) is 24.7 Å². The van der Waals surface area contributed by atoms with Gasteiger partial charge in [-0.2, -0.15) is 0 Å². The number of carbonyl (C=O) groups excluding carboxylic acids is 1. The summed E-state index contributed by atoms with van der Waals surface area (Å²) in [5.41, 5.74) is 0.943. The molecule has 23 heavy (non-hydrogen) atoms. The standard InChI is InChI=1S/C19H26ClNO2/c1-11-8-16(20)6-7-18(11)23-13(3)19(22)21-12(2)17-10-14-4-5-15(17)9-14/h6-8,12-15,17H,4-5,9-10H2,1-3H3,(H,21,22)/t12-,13+,14-,15-,17-/m0/s1. The van der Waals surface area contributed by atoms with Gasteiger partial charge < -0.3 is 10.1 Å². The first-order valence-corrected chi connectivity index (χ1v) is 9.05. The summed E-state index contributed by atoms with van der Waals surface area (Å²) in [6, 6.07) is 5.68. The van der Waals surface area contributed by atoms with E-state index < -0.39 is 6.10 Å². The third-order valence-electron chi connectivity index (χ3n) is 5.61. The van der Waals surface area contributed by atoms with Crippen molar-refractivity contribution in [2.24, 2.45) is 17.8 Å². The Morgan fingerprint density at radius 2 is 2.09 bits per heavy atom. The van der Waals surface area contributed by atoms with Gasteiger partial charge in [-0.25, -0.2) is 0 Å². The minimum atomic E-state index is -0.504. The molecule has 0 radical (unpaired) electrons. The Balaban J connectivity index is 1.55. The number of amides is 1. The van der Waals surface area contributed by atoms with Gasteiger partial charge in [0.1, 0.15) is 5.75 Å². The van der Waals surface area contributed by atoms with Gasteiger partial charge in [0, 0.05) is 11.1 Å². The van der Waals surface area contributed by atoms with Crippen LogP contribution in [-0.4, -0.2) is 18.1 Å². The zero-order valence-corrected chi connectivity index (χ0v) is 14.9. The van der Waals surface area contributed by atoms with E-state index >= 15 is 0 Å². The molecule has 1 aromatic carbocycles. The van der Waals surface area contributed by atoms with Crippen molar-refractivity contribution in [3.63, 3.8) is 0 Å². The fraction of sp³-hybridized carbons (Fsp3) is 0.632. The number of carbonyl (C=O) groups is 1. The average Bonchev–Trinajstić information content (AvgIpc) is 3.12. The monoisotopic (exact) mass is 335 g/mol. The van der Waals surface area contributed by atoms with E-state index in [1.54, 1.807) is 13.0 Å². The first-order chi connectivity index (χ1) is 10.9. The van der Waals surface area contributed by atoms with Crippen LogP contribution < -0.4 is 10.1 Å². The Kier molecular flexibility index (Phi) is 4.86. The molecule has 2 bridgehead atoms. The minimum absolute atomic E-state index is 0.0328. The molecule has 0 heterocycles. The Hall–Kier alpha value is -1.22. The molecule has 3 rings (SSSR count). The Morgan fingerprint density at radius 1 is 1.30 bits per heavy atom. The van der Waals surface area contributed by atoms with Crippen molar-refractivity contribution in [1.82, 2.24) is 5.32 Å². The molecule has 0 unspecified atom stereocenters. The largest absolute Gasteiger partial charge is 0.481 e. The summed E-state index contributed by atoms with van der Waals surface area (Å²) in [5, 5.41) is 3.85. The molecule has 2 saturated carbocycles. The van der Waals surface area contributed by atoms with Crippen LogP contribution in [0.5, 0.6) is 5.75 Å². The molecule has 0 aromatic heterocycles. The van der Waals surface area contributed by atoms with E-state index in [1.165, 1.54) is 25.7 Å². The van der Waals surface area contributed by atoms with Gasteiger partial charge in [-0.15, -0.1) is 0 Å². The molecule has 0 spiro atoms. The zero-order chi connectivity index (χ0) is 16.6. The lowest BCUT2D eigenvalue weighted by Gasteiger charge is -2.29. The summed E-state index contributed by atoms with van der Waals surface area (Å²) in [6.45, 7) is 5.88. The smallest absolute Gasteiger partial charge is 0.260 e. The molecule has 2 fully saturated rings. The third-order valence-corrected chi connectivity index (χ3v) is 5.85. The normalized spacial score (nSPS) is 28.4. The molecule has 5 atom stereocenters.